The third kappa shape index (κ3) is 10.3. The SMILES string of the molecule is CCNC(=O)NCCNC(=O)c1cc(OCC(F)(F)F)ccc1OCC(F)(F)F. The number of carbonyl (C=O) groups excluding carboxylic acids is 2. The van der Waals surface area contributed by atoms with Crippen LogP contribution in [-0.4, -0.2) is 57.1 Å². The van der Waals surface area contributed by atoms with Gasteiger partial charge in [0.2, 0.25) is 0 Å². The molecule has 0 aliphatic carbocycles. The second kappa shape index (κ2) is 10.6. The highest BCUT2D eigenvalue weighted by Crippen LogP contribution is 2.27. The van der Waals surface area contributed by atoms with Gasteiger partial charge in [-0.1, -0.05) is 0 Å². The number of carbonyl (C=O) groups is 2. The number of ether oxygens (including phenoxy) is 2. The van der Waals surface area contributed by atoms with E-state index >= 15 is 0 Å². The molecule has 0 radical (unpaired) electrons. The molecule has 7 nitrogen and oxygen atoms in total. The van der Waals surface area contributed by atoms with Gasteiger partial charge in [-0.25, -0.2) is 4.79 Å². The Labute approximate surface area is 161 Å². The van der Waals surface area contributed by atoms with Crippen molar-refractivity contribution >= 4 is 11.9 Å². The van der Waals surface area contributed by atoms with Crippen LogP contribution in [0.3, 0.4) is 0 Å². The average Bonchev–Trinajstić information content (AvgIpc) is 2.61. The lowest BCUT2D eigenvalue weighted by molar-refractivity contribution is -0.154. The Morgan fingerprint density at radius 2 is 1.48 bits per heavy atom. The first-order valence-electron chi connectivity index (χ1n) is 8.24. The summed E-state index contributed by atoms with van der Waals surface area (Å²) in [7, 11) is 0. The van der Waals surface area contributed by atoms with Gasteiger partial charge in [-0.2, -0.15) is 26.3 Å². The van der Waals surface area contributed by atoms with Crippen LogP contribution in [0, 0.1) is 0 Å². The van der Waals surface area contributed by atoms with Gasteiger partial charge >= 0.3 is 18.4 Å². The molecular formula is C16H19F6N3O4. The smallest absolute Gasteiger partial charge is 0.422 e. The zero-order valence-corrected chi connectivity index (χ0v) is 15.2. The largest absolute Gasteiger partial charge is 0.484 e. The summed E-state index contributed by atoms with van der Waals surface area (Å²) in [6, 6.07) is 2.20. The summed E-state index contributed by atoms with van der Waals surface area (Å²) in [5.41, 5.74) is -0.452. The van der Waals surface area contributed by atoms with Gasteiger partial charge in [0.1, 0.15) is 11.5 Å². The Hall–Kier alpha value is -2.86. The molecule has 0 spiro atoms. The maximum Gasteiger partial charge on any atom is 0.422 e. The Balaban J connectivity index is 2.83. The normalized spacial score (nSPS) is 11.6. The molecule has 0 aliphatic rings. The molecule has 3 N–H and O–H groups in total. The second-order valence-electron chi connectivity index (χ2n) is 5.51. The number of rotatable bonds is 9. The van der Waals surface area contributed by atoms with Crippen molar-refractivity contribution in [1.29, 1.82) is 0 Å². The number of hydrogen-bond donors (Lipinski definition) is 3. The molecule has 3 amide bonds. The van der Waals surface area contributed by atoms with Gasteiger partial charge in [-0.15, -0.1) is 0 Å². The lowest BCUT2D eigenvalue weighted by atomic mass is 10.1. The first-order chi connectivity index (χ1) is 13.4. The third-order valence-corrected chi connectivity index (χ3v) is 3.02. The van der Waals surface area contributed by atoms with E-state index in [4.69, 9.17) is 0 Å². The van der Waals surface area contributed by atoms with Crippen LogP contribution in [0.4, 0.5) is 31.1 Å². The highest BCUT2D eigenvalue weighted by Gasteiger charge is 2.30. The van der Waals surface area contributed by atoms with Crippen molar-refractivity contribution in [3.05, 3.63) is 23.8 Å². The van der Waals surface area contributed by atoms with Crippen LogP contribution in [0.15, 0.2) is 18.2 Å². The maximum atomic E-state index is 12.4. The van der Waals surface area contributed by atoms with E-state index in [9.17, 15) is 35.9 Å². The molecule has 13 heteroatoms. The molecule has 0 aliphatic heterocycles. The molecule has 1 aromatic rings. The molecule has 29 heavy (non-hydrogen) atoms. The number of halogens is 6. The van der Waals surface area contributed by atoms with Crippen molar-refractivity contribution in [2.24, 2.45) is 0 Å². The topological polar surface area (TPSA) is 88.7 Å². The molecular weight excluding hydrogens is 412 g/mol. The van der Waals surface area contributed by atoms with E-state index in [-0.39, 0.29) is 18.8 Å². The lowest BCUT2D eigenvalue weighted by Gasteiger charge is -2.15. The van der Waals surface area contributed by atoms with E-state index in [0.717, 1.165) is 18.2 Å². The first kappa shape index (κ1) is 24.2. The first-order valence-corrected chi connectivity index (χ1v) is 8.24. The van der Waals surface area contributed by atoms with Crippen LogP contribution in [0.5, 0.6) is 11.5 Å². The summed E-state index contributed by atoms with van der Waals surface area (Å²) in [6.45, 7) is -1.37. The molecule has 0 heterocycles. The van der Waals surface area contributed by atoms with Gasteiger partial charge in [-0.3, -0.25) is 4.79 Å². The van der Waals surface area contributed by atoms with E-state index in [1.54, 1.807) is 6.92 Å². The summed E-state index contributed by atoms with van der Waals surface area (Å²) in [5.74, 6) is -1.79. The van der Waals surface area contributed by atoms with Crippen molar-refractivity contribution in [3.63, 3.8) is 0 Å². The van der Waals surface area contributed by atoms with Crippen molar-refractivity contribution in [2.75, 3.05) is 32.8 Å². The predicted molar refractivity (Wildman–Crippen MR) is 89.0 cm³/mol. The van der Waals surface area contributed by atoms with Crippen LogP contribution < -0.4 is 25.4 Å². The minimum absolute atomic E-state index is 0.000575. The fourth-order valence-electron chi connectivity index (χ4n) is 1.90. The Kier molecular flexibility index (Phi) is 8.85. The summed E-state index contributed by atoms with van der Waals surface area (Å²) in [4.78, 5) is 23.5. The Morgan fingerprint density at radius 3 is 2.07 bits per heavy atom. The maximum absolute atomic E-state index is 12.4. The predicted octanol–water partition coefficient (Wildman–Crippen LogP) is 2.62. The van der Waals surface area contributed by atoms with E-state index < -0.39 is 48.8 Å². The number of benzene rings is 1. The molecule has 0 atom stereocenters. The van der Waals surface area contributed by atoms with E-state index in [2.05, 4.69) is 25.4 Å². The monoisotopic (exact) mass is 431 g/mol. The molecule has 0 unspecified atom stereocenters. The highest BCUT2D eigenvalue weighted by molar-refractivity contribution is 5.97. The van der Waals surface area contributed by atoms with Gasteiger partial charge in [0, 0.05) is 19.6 Å². The third-order valence-electron chi connectivity index (χ3n) is 3.02. The van der Waals surface area contributed by atoms with Gasteiger partial charge in [-0.05, 0) is 25.1 Å². The van der Waals surface area contributed by atoms with Gasteiger partial charge in [0.15, 0.2) is 13.2 Å². The molecule has 0 saturated carbocycles. The van der Waals surface area contributed by atoms with Crippen LogP contribution >= 0.6 is 0 Å². The molecule has 1 aromatic carbocycles. The molecule has 0 fully saturated rings. The van der Waals surface area contributed by atoms with Crippen LogP contribution in [-0.2, 0) is 0 Å². The Bertz CT molecular complexity index is 694. The lowest BCUT2D eigenvalue weighted by Crippen LogP contribution is -2.40. The van der Waals surface area contributed by atoms with Gasteiger partial charge < -0.3 is 25.4 Å². The molecule has 0 aromatic heterocycles. The molecule has 1 rings (SSSR count). The van der Waals surface area contributed by atoms with E-state index in [1.165, 1.54) is 0 Å². The number of alkyl halides is 6. The van der Waals surface area contributed by atoms with Crippen LogP contribution in [0.2, 0.25) is 0 Å². The summed E-state index contributed by atoms with van der Waals surface area (Å²) < 4.78 is 83.0. The van der Waals surface area contributed by atoms with E-state index in [1.807, 2.05) is 0 Å². The van der Waals surface area contributed by atoms with Gasteiger partial charge in [0.25, 0.3) is 5.91 Å². The summed E-state index contributed by atoms with van der Waals surface area (Å²) in [6.07, 6.45) is -9.33. The number of urea groups is 1. The molecule has 0 saturated heterocycles. The number of nitrogens with one attached hydrogen (secondary N) is 3. The minimum atomic E-state index is -4.68. The van der Waals surface area contributed by atoms with Crippen molar-refractivity contribution in [3.8, 4) is 11.5 Å². The molecule has 164 valence electrons. The van der Waals surface area contributed by atoms with Crippen molar-refractivity contribution in [1.82, 2.24) is 16.0 Å². The summed E-state index contributed by atoms with van der Waals surface area (Å²) in [5, 5.41) is 7.16. The summed E-state index contributed by atoms with van der Waals surface area (Å²) >= 11 is 0. The Morgan fingerprint density at radius 1 is 0.897 bits per heavy atom. The fourth-order valence-corrected chi connectivity index (χ4v) is 1.90. The van der Waals surface area contributed by atoms with Crippen LogP contribution in [0.1, 0.15) is 17.3 Å². The number of amides is 3. The van der Waals surface area contributed by atoms with Crippen molar-refractivity contribution in [2.45, 2.75) is 19.3 Å². The zero-order valence-electron chi connectivity index (χ0n) is 15.2. The highest BCUT2D eigenvalue weighted by atomic mass is 19.4. The zero-order chi connectivity index (χ0) is 22.1. The molecule has 0 bridgehead atoms. The fraction of sp³-hybridized carbons (Fsp3) is 0.500. The quantitative estimate of drug-likeness (QED) is 0.414. The van der Waals surface area contributed by atoms with Crippen LogP contribution in [0.25, 0.3) is 0 Å². The number of hydrogen-bond acceptors (Lipinski definition) is 4. The standard InChI is InChI=1S/C16H19F6N3O4/c1-2-23-14(27)25-6-5-24-13(26)11-7-10(28-8-15(17,18)19)3-4-12(11)29-9-16(20,21)22/h3-4,7H,2,5-6,8-9H2,1H3,(H,24,26)(H2,23,25,27). The van der Waals surface area contributed by atoms with Gasteiger partial charge in [0.05, 0.1) is 5.56 Å². The van der Waals surface area contributed by atoms with E-state index in [0.29, 0.717) is 6.54 Å². The minimum Gasteiger partial charge on any atom is -0.484 e. The second-order valence-corrected chi connectivity index (χ2v) is 5.51. The average molecular weight is 431 g/mol. The van der Waals surface area contributed by atoms with Crippen molar-refractivity contribution < 1.29 is 45.4 Å².